The molecule has 1 aliphatic rings. The van der Waals surface area contributed by atoms with Gasteiger partial charge in [-0.25, -0.2) is 0 Å². The van der Waals surface area contributed by atoms with Gasteiger partial charge in [0.1, 0.15) is 0 Å². The van der Waals surface area contributed by atoms with Crippen LogP contribution in [0.1, 0.15) is 30.9 Å². The number of piperidine rings is 1. The van der Waals surface area contributed by atoms with Crippen molar-refractivity contribution < 1.29 is 9.90 Å². The summed E-state index contributed by atoms with van der Waals surface area (Å²) in [7, 11) is 0. The summed E-state index contributed by atoms with van der Waals surface area (Å²) in [6, 6.07) is 19.5. The summed E-state index contributed by atoms with van der Waals surface area (Å²) in [4.78, 5) is 15.8. The molecular formula is C27H32N2O2. The van der Waals surface area contributed by atoms with Crippen molar-refractivity contribution in [3.63, 3.8) is 0 Å². The quantitative estimate of drug-likeness (QED) is 0.630. The third-order valence-electron chi connectivity index (χ3n) is 5.80. The average molecular weight is 417 g/mol. The summed E-state index contributed by atoms with van der Waals surface area (Å²) in [6.07, 6.45) is 8.66. The summed E-state index contributed by atoms with van der Waals surface area (Å²) in [6.45, 7) is 8.46. The van der Waals surface area contributed by atoms with Crippen molar-refractivity contribution in [3.8, 4) is 0 Å². The van der Waals surface area contributed by atoms with E-state index in [2.05, 4.69) is 41.1 Å². The molecule has 0 bridgehead atoms. The number of carbonyl (C=O) groups excluding carboxylic acids is 1. The van der Waals surface area contributed by atoms with Crippen LogP contribution in [0.25, 0.3) is 0 Å². The molecule has 1 aliphatic heterocycles. The van der Waals surface area contributed by atoms with Gasteiger partial charge in [0.25, 0.3) is 5.91 Å². The lowest BCUT2D eigenvalue weighted by Crippen LogP contribution is -2.52. The fraction of sp³-hybridized carbons (Fsp3) is 0.296. The third-order valence-corrected chi connectivity index (χ3v) is 5.80. The Kier molecular flexibility index (Phi) is 7.99. The van der Waals surface area contributed by atoms with Crippen LogP contribution in [0, 0.1) is 0 Å². The zero-order chi connectivity index (χ0) is 22.1. The fourth-order valence-electron chi connectivity index (χ4n) is 4.01. The molecule has 0 radical (unpaired) electrons. The van der Waals surface area contributed by atoms with Gasteiger partial charge in [-0.3, -0.25) is 9.69 Å². The van der Waals surface area contributed by atoms with Crippen LogP contribution in [0.15, 0.2) is 97.1 Å². The molecule has 1 fully saturated rings. The molecule has 1 amide bonds. The Labute approximate surface area is 185 Å². The first-order chi connectivity index (χ1) is 15.1. The third kappa shape index (κ3) is 5.60. The van der Waals surface area contributed by atoms with Crippen molar-refractivity contribution in [3.05, 3.63) is 108 Å². The largest absolute Gasteiger partial charge is 0.372 e. The monoisotopic (exact) mass is 416 g/mol. The minimum absolute atomic E-state index is 0.0301. The van der Waals surface area contributed by atoms with E-state index in [1.807, 2.05) is 37.3 Å². The smallest absolute Gasteiger partial charge is 0.261 e. The number of benzene rings is 2. The van der Waals surface area contributed by atoms with Gasteiger partial charge in [0.05, 0.1) is 0 Å². The van der Waals surface area contributed by atoms with Crippen LogP contribution in [0.4, 0.5) is 0 Å². The molecule has 2 aromatic rings. The Morgan fingerprint density at radius 3 is 2.32 bits per heavy atom. The van der Waals surface area contributed by atoms with Gasteiger partial charge < -0.3 is 10.4 Å². The summed E-state index contributed by atoms with van der Waals surface area (Å²) in [5.74, 6) is -0.407. The van der Waals surface area contributed by atoms with E-state index in [0.717, 1.165) is 32.5 Å². The Morgan fingerprint density at radius 2 is 1.74 bits per heavy atom. The van der Waals surface area contributed by atoms with Crippen LogP contribution in [0.2, 0.25) is 0 Å². The van der Waals surface area contributed by atoms with Crippen molar-refractivity contribution >= 4 is 5.91 Å². The molecule has 1 atom stereocenters. The van der Waals surface area contributed by atoms with Gasteiger partial charge >= 0.3 is 0 Å². The fourth-order valence-corrected chi connectivity index (χ4v) is 4.01. The van der Waals surface area contributed by atoms with Crippen molar-refractivity contribution in [2.24, 2.45) is 0 Å². The molecule has 31 heavy (non-hydrogen) atoms. The van der Waals surface area contributed by atoms with E-state index in [0.29, 0.717) is 11.1 Å². The van der Waals surface area contributed by atoms with Crippen molar-refractivity contribution in [2.75, 3.05) is 13.1 Å². The highest BCUT2D eigenvalue weighted by molar-refractivity contribution is 5.91. The number of hydrogen-bond acceptors (Lipinski definition) is 3. The Bertz CT molecular complexity index is 913. The van der Waals surface area contributed by atoms with E-state index < -0.39 is 11.5 Å². The number of aliphatic hydroxyl groups is 1. The molecule has 0 aliphatic carbocycles. The summed E-state index contributed by atoms with van der Waals surface area (Å²) < 4.78 is 0. The normalized spacial score (nSPS) is 17.9. The minimum Gasteiger partial charge on any atom is -0.372 e. The molecule has 0 spiro atoms. The molecular weight excluding hydrogens is 384 g/mol. The Hall–Kier alpha value is -2.95. The standard InChI is InChI=1S/C27H32N2O2/c1-3-5-14-23(4-2)27(31,24-15-10-7-11-16-24)26(30)28-25-17-19-29(20-18-25)21-22-12-8-6-9-13-22/h3-16,25,31H,2,17-21H2,1H3,(H,28,30)/b5-3-,23-14+. The number of rotatable bonds is 8. The number of nitrogens with one attached hydrogen (secondary N) is 1. The van der Waals surface area contributed by atoms with E-state index >= 15 is 0 Å². The summed E-state index contributed by atoms with van der Waals surface area (Å²) in [5.41, 5.74) is 0.498. The van der Waals surface area contributed by atoms with Crippen LogP contribution in [0.3, 0.4) is 0 Å². The number of hydrogen-bond donors (Lipinski definition) is 2. The van der Waals surface area contributed by atoms with Gasteiger partial charge in [0.2, 0.25) is 0 Å². The Morgan fingerprint density at radius 1 is 1.13 bits per heavy atom. The zero-order valence-corrected chi connectivity index (χ0v) is 18.2. The van der Waals surface area contributed by atoms with Gasteiger partial charge in [-0.1, -0.05) is 91.5 Å². The molecule has 4 heteroatoms. The van der Waals surface area contributed by atoms with Gasteiger partial charge in [-0.15, -0.1) is 0 Å². The molecule has 0 saturated carbocycles. The van der Waals surface area contributed by atoms with Crippen LogP contribution in [0.5, 0.6) is 0 Å². The van der Waals surface area contributed by atoms with Crippen LogP contribution in [-0.2, 0) is 16.9 Å². The van der Waals surface area contributed by atoms with Gasteiger partial charge in [-0.2, -0.15) is 0 Å². The second kappa shape index (κ2) is 10.9. The van der Waals surface area contributed by atoms with Crippen molar-refractivity contribution in [1.29, 1.82) is 0 Å². The second-order valence-electron chi connectivity index (χ2n) is 7.94. The van der Waals surface area contributed by atoms with Crippen LogP contribution in [-0.4, -0.2) is 35.0 Å². The second-order valence-corrected chi connectivity index (χ2v) is 7.94. The molecule has 1 saturated heterocycles. The van der Waals surface area contributed by atoms with Gasteiger partial charge in [0, 0.05) is 25.7 Å². The molecule has 2 aromatic carbocycles. The lowest BCUT2D eigenvalue weighted by Gasteiger charge is -2.35. The first-order valence-electron chi connectivity index (χ1n) is 10.9. The molecule has 1 unspecified atom stereocenters. The summed E-state index contributed by atoms with van der Waals surface area (Å²) >= 11 is 0. The van der Waals surface area contributed by atoms with Gasteiger partial charge in [0.15, 0.2) is 5.60 Å². The number of likely N-dealkylation sites (tertiary alicyclic amines) is 1. The van der Waals surface area contributed by atoms with Crippen LogP contribution >= 0.6 is 0 Å². The van der Waals surface area contributed by atoms with Crippen molar-refractivity contribution in [1.82, 2.24) is 10.2 Å². The van der Waals surface area contributed by atoms with Crippen molar-refractivity contribution in [2.45, 2.75) is 38.0 Å². The highest BCUT2D eigenvalue weighted by Gasteiger charge is 2.41. The van der Waals surface area contributed by atoms with E-state index in [-0.39, 0.29) is 6.04 Å². The lowest BCUT2D eigenvalue weighted by atomic mass is 9.84. The SMILES string of the molecule is C=C/C(=C\C=C/C)C(O)(C(=O)NC1CCN(Cc2ccccc2)CC1)c1ccccc1. The predicted molar refractivity (Wildman–Crippen MR) is 126 cm³/mol. The first kappa shape index (κ1) is 22.7. The predicted octanol–water partition coefficient (Wildman–Crippen LogP) is 4.34. The van der Waals surface area contributed by atoms with E-state index in [9.17, 15) is 9.90 Å². The highest BCUT2D eigenvalue weighted by Crippen LogP contribution is 2.31. The molecule has 162 valence electrons. The van der Waals surface area contributed by atoms with Gasteiger partial charge in [-0.05, 0) is 36.5 Å². The van der Waals surface area contributed by atoms with E-state index in [4.69, 9.17) is 0 Å². The maximum Gasteiger partial charge on any atom is 0.261 e. The van der Waals surface area contributed by atoms with Crippen LogP contribution < -0.4 is 5.32 Å². The lowest BCUT2D eigenvalue weighted by molar-refractivity contribution is -0.137. The molecule has 4 nitrogen and oxygen atoms in total. The summed E-state index contributed by atoms with van der Waals surface area (Å²) in [5, 5.41) is 14.7. The average Bonchev–Trinajstić information content (AvgIpc) is 2.81. The highest BCUT2D eigenvalue weighted by atomic mass is 16.3. The Balaban J connectivity index is 1.71. The number of carbonyl (C=O) groups is 1. The van der Waals surface area contributed by atoms with E-state index in [1.165, 1.54) is 5.56 Å². The zero-order valence-electron chi connectivity index (χ0n) is 18.2. The maximum atomic E-state index is 13.4. The maximum absolute atomic E-state index is 13.4. The number of nitrogens with zero attached hydrogens (tertiary/aromatic N) is 1. The number of amides is 1. The number of allylic oxidation sites excluding steroid dienone is 3. The van der Waals surface area contributed by atoms with E-state index in [1.54, 1.807) is 30.4 Å². The molecule has 0 aromatic heterocycles. The molecule has 2 N–H and O–H groups in total. The molecule has 3 rings (SSSR count). The topological polar surface area (TPSA) is 52.6 Å². The molecule has 1 heterocycles. The first-order valence-corrected chi connectivity index (χ1v) is 10.9. The minimum atomic E-state index is -1.79.